The predicted octanol–water partition coefficient (Wildman–Crippen LogP) is 3.50. The molecule has 0 saturated heterocycles. The molecule has 0 aromatic carbocycles. The van der Waals surface area contributed by atoms with E-state index < -0.39 is 0 Å². The van der Waals surface area contributed by atoms with E-state index in [4.69, 9.17) is 10.8 Å². The van der Waals surface area contributed by atoms with Gasteiger partial charge in [-0.1, -0.05) is 13.8 Å². The average Bonchev–Trinajstić information content (AvgIpc) is 3.08. The first-order valence-electron chi connectivity index (χ1n) is 8.16. The number of nitrogens with two attached hydrogens (primary N) is 1. The van der Waals surface area contributed by atoms with Crippen LogP contribution in [0.4, 0.5) is 0 Å². The summed E-state index contributed by atoms with van der Waals surface area (Å²) in [6, 6.07) is 5.01. The summed E-state index contributed by atoms with van der Waals surface area (Å²) < 4.78 is 4.30. The standard InChI is InChI=1S/C17H26N4/c1-3-16(4-2)21-10-8-15(19-21)12-20-9-7-14(11-20)17(18)13-5-6-13/h7-11,13,16-17H,3-6,12,18H2,1-2H3. The van der Waals surface area contributed by atoms with Gasteiger partial charge in [-0.3, -0.25) is 4.68 Å². The lowest BCUT2D eigenvalue weighted by Crippen LogP contribution is -2.11. The van der Waals surface area contributed by atoms with Crippen molar-refractivity contribution in [1.29, 1.82) is 0 Å². The van der Waals surface area contributed by atoms with Crippen molar-refractivity contribution in [2.45, 2.75) is 58.2 Å². The van der Waals surface area contributed by atoms with Crippen molar-refractivity contribution in [1.82, 2.24) is 14.3 Å². The second-order valence-electron chi connectivity index (χ2n) is 6.24. The van der Waals surface area contributed by atoms with Crippen LogP contribution in [0.15, 0.2) is 30.7 Å². The minimum Gasteiger partial charge on any atom is -0.348 e. The smallest absolute Gasteiger partial charge is 0.0821 e. The van der Waals surface area contributed by atoms with E-state index in [2.05, 4.69) is 53.8 Å². The van der Waals surface area contributed by atoms with Gasteiger partial charge in [0, 0.05) is 24.6 Å². The summed E-state index contributed by atoms with van der Waals surface area (Å²) in [6.45, 7) is 5.25. The first kappa shape index (κ1) is 14.4. The Bertz CT molecular complexity index is 537. The van der Waals surface area contributed by atoms with Gasteiger partial charge in [-0.15, -0.1) is 0 Å². The van der Waals surface area contributed by atoms with Crippen molar-refractivity contribution < 1.29 is 0 Å². The van der Waals surface area contributed by atoms with Gasteiger partial charge in [-0.2, -0.15) is 5.10 Å². The minimum absolute atomic E-state index is 0.216. The zero-order valence-corrected chi connectivity index (χ0v) is 13.1. The number of nitrogens with zero attached hydrogens (tertiary/aromatic N) is 3. The Morgan fingerprint density at radius 3 is 2.67 bits per heavy atom. The molecule has 4 nitrogen and oxygen atoms in total. The first-order chi connectivity index (χ1) is 10.2. The summed E-state index contributed by atoms with van der Waals surface area (Å²) in [5.74, 6) is 0.704. The van der Waals surface area contributed by atoms with Gasteiger partial charge in [-0.25, -0.2) is 0 Å². The first-order valence-corrected chi connectivity index (χ1v) is 8.16. The topological polar surface area (TPSA) is 48.8 Å². The third kappa shape index (κ3) is 3.21. The summed E-state index contributed by atoms with van der Waals surface area (Å²) >= 11 is 0. The van der Waals surface area contributed by atoms with Gasteiger partial charge in [0.25, 0.3) is 0 Å². The largest absolute Gasteiger partial charge is 0.348 e. The minimum atomic E-state index is 0.216. The van der Waals surface area contributed by atoms with Crippen molar-refractivity contribution in [3.05, 3.63) is 42.0 Å². The molecule has 0 radical (unpaired) electrons. The number of aromatic nitrogens is 3. The summed E-state index contributed by atoms with van der Waals surface area (Å²) in [5.41, 5.74) is 8.63. The third-order valence-corrected chi connectivity index (χ3v) is 4.61. The fraction of sp³-hybridized carbons (Fsp3) is 0.588. The lowest BCUT2D eigenvalue weighted by molar-refractivity contribution is 0.424. The molecule has 0 spiro atoms. The molecule has 1 saturated carbocycles. The normalized spacial score (nSPS) is 16.6. The van der Waals surface area contributed by atoms with Crippen LogP contribution in [0.5, 0.6) is 0 Å². The highest BCUT2D eigenvalue weighted by Crippen LogP contribution is 2.39. The monoisotopic (exact) mass is 286 g/mol. The Balaban J connectivity index is 1.66. The molecule has 0 bridgehead atoms. The molecule has 2 aromatic heterocycles. The van der Waals surface area contributed by atoms with Gasteiger partial charge in [0.1, 0.15) is 0 Å². The molecule has 2 aromatic rings. The lowest BCUT2D eigenvalue weighted by Gasteiger charge is -2.12. The maximum Gasteiger partial charge on any atom is 0.0821 e. The van der Waals surface area contributed by atoms with Crippen molar-refractivity contribution in [2.75, 3.05) is 0 Å². The zero-order valence-electron chi connectivity index (χ0n) is 13.1. The van der Waals surface area contributed by atoms with E-state index in [1.54, 1.807) is 0 Å². The van der Waals surface area contributed by atoms with Crippen LogP contribution in [-0.4, -0.2) is 14.3 Å². The molecule has 1 atom stereocenters. The Hall–Kier alpha value is -1.55. The quantitative estimate of drug-likeness (QED) is 0.847. The summed E-state index contributed by atoms with van der Waals surface area (Å²) in [6.07, 6.45) is 11.2. The molecule has 1 aliphatic carbocycles. The van der Waals surface area contributed by atoms with Crippen molar-refractivity contribution in [3.63, 3.8) is 0 Å². The van der Waals surface area contributed by atoms with Gasteiger partial charge in [0.15, 0.2) is 0 Å². The molecule has 2 N–H and O–H groups in total. The predicted molar refractivity (Wildman–Crippen MR) is 85.0 cm³/mol. The van der Waals surface area contributed by atoms with E-state index in [-0.39, 0.29) is 6.04 Å². The van der Waals surface area contributed by atoms with Crippen molar-refractivity contribution in [3.8, 4) is 0 Å². The Kier molecular flexibility index (Phi) is 4.15. The maximum absolute atomic E-state index is 6.25. The van der Waals surface area contributed by atoms with Crippen LogP contribution >= 0.6 is 0 Å². The molecule has 1 unspecified atom stereocenters. The maximum atomic E-state index is 6.25. The zero-order chi connectivity index (χ0) is 14.8. The van der Waals surface area contributed by atoms with E-state index in [1.165, 1.54) is 18.4 Å². The molecule has 0 aliphatic heterocycles. The third-order valence-electron chi connectivity index (χ3n) is 4.61. The molecule has 3 rings (SSSR count). The molecule has 114 valence electrons. The van der Waals surface area contributed by atoms with E-state index in [9.17, 15) is 0 Å². The van der Waals surface area contributed by atoms with E-state index in [0.29, 0.717) is 12.0 Å². The van der Waals surface area contributed by atoms with E-state index in [0.717, 1.165) is 25.1 Å². The van der Waals surface area contributed by atoms with Gasteiger partial charge in [-0.05, 0) is 49.3 Å². The molecule has 21 heavy (non-hydrogen) atoms. The Labute approximate surface area is 126 Å². The summed E-state index contributed by atoms with van der Waals surface area (Å²) in [4.78, 5) is 0. The van der Waals surface area contributed by atoms with Crippen LogP contribution in [0.25, 0.3) is 0 Å². The molecule has 1 fully saturated rings. The van der Waals surface area contributed by atoms with Gasteiger partial charge >= 0.3 is 0 Å². The fourth-order valence-electron chi connectivity index (χ4n) is 3.00. The molecule has 1 aliphatic rings. The fourth-order valence-corrected chi connectivity index (χ4v) is 3.00. The van der Waals surface area contributed by atoms with Crippen LogP contribution in [-0.2, 0) is 6.54 Å². The van der Waals surface area contributed by atoms with Gasteiger partial charge in [0.05, 0.1) is 18.3 Å². The SMILES string of the molecule is CCC(CC)n1ccc(Cn2ccc(C(N)C3CC3)c2)n1. The van der Waals surface area contributed by atoms with Crippen LogP contribution < -0.4 is 5.73 Å². The number of hydrogen-bond donors (Lipinski definition) is 1. The molecule has 4 heteroatoms. The number of rotatable bonds is 7. The highest BCUT2D eigenvalue weighted by Gasteiger charge is 2.29. The highest BCUT2D eigenvalue weighted by atomic mass is 15.3. The van der Waals surface area contributed by atoms with Crippen LogP contribution in [0.3, 0.4) is 0 Å². The average molecular weight is 286 g/mol. The summed E-state index contributed by atoms with van der Waals surface area (Å²) in [7, 11) is 0. The molecular formula is C17H26N4. The molecule has 0 amide bonds. The van der Waals surface area contributed by atoms with Gasteiger partial charge < -0.3 is 10.3 Å². The highest BCUT2D eigenvalue weighted by molar-refractivity contribution is 5.18. The molecule has 2 heterocycles. The Morgan fingerprint density at radius 1 is 1.24 bits per heavy atom. The lowest BCUT2D eigenvalue weighted by atomic mass is 10.1. The molecular weight excluding hydrogens is 260 g/mol. The second kappa shape index (κ2) is 6.06. The van der Waals surface area contributed by atoms with Crippen molar-refractivity contribution >= 4 is 0 Å². The van der Waals surface area contributed by atoms with E-state index >= 15 is 0 Å². The van der Waals surface area contributed by atoms with Crippen LogP contribution in [0, 0.1) is 5.92 Å². The van der Waals surface area contributed by atoms with Gasteiger partial charge in [0.2, 0.25) is 0 Å². The van der Waals surface area contributed by atoms with Crippen LogP contribution in [0.1, 0.15) is 62.9 Å². The van der Waals surface area contributed by atoms with E-state index in [1.807, 2.05) is 0 Å². The van der Waals surface area contributed by atoms with Crippen molar-refractivity contribution in [2.24, 2.45) is 11.7 Å². The second-order valence-corrected chi connectivity index (χ2v) is 6.24. The Morgan fingerprint density at radius 2 is 2.00 bits per heavy atom. The van der Waals surface area contributed by atoms with Crippen LogP contribution in [0.2, 0.25) is 0 Å². The summed E-state index contributed by atoms with van der Waals surface area (Å²) in [5, 5.41) is 4.71. The number of hydrogen-bond acceptors (Lipinski definition) is 2.